The van der Waals surface area contributed by atoms with E-state index < -0.39 is 46.7 Å². The molecule has 0 radical (unpaired) electrons. The SMILES string of the molecule is C[C@]12CCC3c4ccc(O)cc4[C@H](F)[C@@H](CCCCCCCCCS(=O)(=O)CCCC(F)(F)C(F)(F)F)C3C1CC(=O)C21CC1. The summed E-state index contributed by atoms with van der Waals surface area (Å²) in [5.41, 5.74) is 1.32. The number of halogens is 6. The highest BCUT2D eigenvalue weighted by molar-refractivity contribution is 7.91. The van der Waals surface area contributed by atoms with Crippen LogP contribution in [0.3, 0.4) is 0 Å². The minimum absolute atomic E-state index is 0.0676. The number of phenolic OH excluding ortho intramolecular Hbond substituents is 1. The summed E-state index contributed by atoms with van der Waals surface area (Å²) in [6.07, 6.45) is 1.16. The van der Waals surface area contributed by atoms with Crippen molar-refractivity contribution in [3.05, 3.63) is 29.3 Å². The van der Waals surface area contributed by atoms with Crippen LogP contribution < -0.4 is 0 Å². The molecule has 6 atom stereocenters. The van der Waals surface area contributed by atoms with Gasteiger partial charge in [-0.05, 0) is 97.3 Å². The predicted molar refractivity (Wildman–Crippen MR) is 160 cm³/mol. The van der Waals surface area contributed by atoms with Crippen molar-refractivity contribution in [3.63, 3.8) is 0 Å². The molecule has 0 heterocycles. The summed E-state index contributed by atoms with van der Waals surface area (Å²) < 4.78 is 103. The van der Waals surface area contributed by atoms with Gasteiger partial charge in [0.1, 0.15) is 27.5 Å². The van der Waals surface area contributed by atoms with Crippen molar-refractivity contribution in [1.82, 2.24) is 0 Å². The first kappa shape index (κ1) is 34.6. The van der Waals surface area contributed by atoms with Gasteiger partial charge in [0.05, 0.1) is 11.5 Å². The van der Waals surface area contributed by atoms with Crippen molar-refractivity contribution in [2.45, 2.75) is 127 Å². The molecule has 0 amide bonds. The van der Waals surface area contributed by atoms with Crippen LogP contribution in [0, 0.1) is 28.6 Å². The summed E-state index contributed by atoms with van der Waals surface area (Å²) in [4.78, 5) is 13.2. The number of Topliss-reactive ketones (excluding diaryl/α,β-unsaturated/α-hetero) is 1. The van der Waals surface area contributed by atoms with Crippen molar-refractivity contribution in [1.29, 1.82) is 0 Å². The Hall–Kier alpha value is -1.78. The molecule has 3 unspecified atom stereocenters. The Balaban J connectivity index is 1.08. The number of phenols is 1. The maximum Gasteiger partial charge on any atom is 0.453 e. The van der Waals surface area contributed by atoms with Crippen molar-refractivity contribution < 1.29 is 44.7 Å². The third kappa shape index (κ3) is 6.67. The number of benzene rings is 1. The number of unbranched alkanes of at least 4 members (excludes halogenated alkanes) is 6. The number of ketones is 1. The molecule has 0 aliphatic heterocycles. The van der Waals surface area contributed by atoms with Gasteiger partial charge in [-0.2, -0.15) is 22.0 Å². The maximum absolute atomic E-state index is 16.3. The van der Waals surface area contributed by atoms with E-state index in [4.69, 9.17) is 0 Å². The lowest BCUT2D eigenvalue weighted by Crippen LogP contribution is -2.47. The van der Waals surface area contributed by atoms with Crippen molar-refractivity contribution in [3.8, 4) is 5.75 Å². The molecule has 0 saturated heterocycles. The molecular formula is C34H46F6O4S. The van der Waals surface area contributed by atoms with Gasteiger partial charge in [-0.25, -0.2) is 12.8 Å². The fourth-order valence-electron chi connectivity index (χ4n) is 9.39. The Morgan fingerprint density at radius 1 is 0.889 bits per heavy atom. The fraction of sp³-hybridized carbons (Fsp3) is 0.794. The molecule has 4 aliphatic carbocycles. The van der Waals surface area contributed by atoms with E-state index >= 15 is 4.39 Å². The number of fused-ring (bicyclic) bond motifs is 6. The van der Waals surface area contributed by atoms with Crippen LogP contribution in [-0.4, -0.2) is 42.9 Å². The lowest BCUT2D eigenvalue weighted by Gasteiger charge is -2.54. The van der Waals surface area contributed by atoms with E-state index in [-0.39, 0.29) is 46.0 Å². The number of aromatic hydroxyl groups is 1. The summed E-state index contributed by atoms with van der Waals surface area (Å²) in [7, 11) is -3.69. The minimum atomic E-state index is -5.67. The van der Waals surface area contributed by atoms with Crippen LogP contribution in [0.15, 0.2) is 18.2 Å². The molecule has 11 heteroatoms. The number of rotatable bonds is 14. The van der Waals surface area contributed by atoms with Gasteiger partial charge in [0.15, 0.2) is 0 Å². The molecule has 1 aromatic carbocycles. The van der Waals surface area contributed by atoms with Crippen LogP contribution in [0.2, 0.25) is 0 Å². The smallest absolute Gasteiger partial charge is 0.453 e. The summed E-state index contributed by atoms with van der Waals surface area (Å²) in [6, 6.07) is 5.11. The van der Waals surface area contributed by atoms with Crippen LogP contribution in [0.4, 0.5) is 26.3 Å². The zero-order valence-corrected chi connectivity index (χ0v) is 26.8. The van der Waals surface area contributed by atoms with Crippen LogP contribution in [0.1, 0.15) is 126 Å². The molecule has 1 N–H and O–H groups in total. The highest BCUT2D eigenvalue weighted by Crippen LogP contribution is 2.75. The molecule has 1 spiro atoms. The molecule has 0 aromatic heterocycles. The molecule has 4 aliphatic rings. The van der Waals surface area contributed by atoms with Crippen LogP contribution in [0.25, 0.3) is 0 Å². The van der Waals surface area contributed by atoms with Gasteiger partial charge in [0.2, 0.25) is 0 Å². The average Bonchev–Trinajstić information content (AvgIpc) is 3.73. The third-order valence-corrected chi connectivity index (χ3v) is 13.8. The number of hydrogen-bond donors (Lipinski definition) is 1. The van der Waals surface area contributed by atoms with Gasteiger partial charge in [0, 0.05) is 18.3 Å². The Bertz CT molecular complexity index is 1340. The minimum Gasteiger partial charge on any atom is -0.508 e. The van der Waals surface area contributed by atoms with E-state index in [1.54, 1.807) is 12.1 Å². The van der Waals surface area contributed by atoms with Gasteiger partial charge in [0.25, 0.3) is 0 Å². The zero-order chi connectivity index (χ0) is 32.8. The standard InChI is InChI=1S/C34H46F6O4S/c1-31-15-13-24-23-12-11-22(41)20-26(23)30(35)25(29(24)27(31)21-28(42)32(31)16-17-32)10-7-5-3-2-4-6-8-18-45(43,44)19-9-14-33(36,37)34(38,39)40/h11-12,20,24-25,27,29-30,41H,2-10,13-19,21H2,1H3/t24?,25-,27?,29?,30+,31-/m0/s1. The average molecular weight is 665 g/mol. The number of hydrogen-bond acceptors (Lipinski definition) is 4. The second-order valence-electron chi connectivity index (χ2n) is 14.6. The maximum atomic E-state index is 16.3. The molecule has 3 fully saturated rings. The first-order chi connectivity index (χ1) is 21.0. The summed E-state index contributed by atoms with van der Waals surface area (Å²) in [5, 5.41) is 10.2. The number of sulfone groups is 1. The number of carbonyl (C=O) groups is 1. The monoisotopic (exact) mass is 664 g/mol. The highest BCUT2D eigenvalue weighted by Gasteiger charge is 2.72. The summed E-state index contributed by atoms with van der Waals surface area (Å²) >= 11 is 0. The van der Waals surface area contributed by atoms with Crippen molar-refractivity contribution in [2.75, 3.05) is 11.5 Å². The molecule has 254 valence electrons. The lowest BCUT2D eigenvalue weighted by atomic mass is 9.50. The van der Waals surface area contributed by atoms with E-state index in [0.29, 0.717) is 37.0 Å². The second kappa shape index (κ2) is 12.7. The molecule has 0 bridgehead atoms. The second-order valence-corrected chi connectivity index (χ2v) is 16.9. The first-order valence-electron chi connectivity index (χ1n) is 16.7. The van der Waals surface area contributed by atoms with Crippen LogP contribution in [-0.2, 0) is 14.6 Å². The predicted octanol–water partition coefficient (Wildman–Crippen LogP) is 9.42. The Morgan fingerprint density at radius 2 is 1.51 bits per heavy atom. The molecule has 45 heavy (non-hydrogen) atoms. The topological polar surface area (TPSA) is 71.4 Å². The van der Waals surface area contributed by atoms with E-state index in [2.05, 4.69) is 6.92 Å². The van der Waals surface area contributed by atoms with Crippen LogP contribution in [0.5, 0.6) is 5.75 Å². The van der Waals surface area contributed by atoms with E-state index in [0.717, 1.165) is 63.4 Å². The van der Waals surface area contributed by atoms with E-state index in [9.17, 15) is 40.3 Å². The van der Waals surface area contributed by atoms with E-state index in [1.807, 2.05) is 6.07 Å². The van der Waals surface area contributed by atoms with Gasteiger partial charge >= 0.3 is 12.1 Å². The normalized spacial score (nSPS) is 30.6. The van der Waals surface area contributed by atoms with Crippen LogP contribution >= 0.6 is 0 Å². The summed E-state index contributed by atoms with van der Waals surface area (Å²) in [6.45, 7) is 2.28. The summed E-state index contributed by atoms with van der Waals surface area (Å²) in [5.74, 6) is -5.10. The molecule has 5 rings (SSSR count). The van der Waals surface area contributed by atoms with Gasteiger partial charge < -0.3 is 5.11 Å². The zero-order valence-electron chi connectivity index (χ0n) is 26.0. The fourth-order valence-corrected chi connectivity index (χ4v) is 10.8. The van der Waals surface area contributed by atoms with Gasteiger partial charge in [-0.15, -0.1) is 0 Å². The molecular weight excluding hydrogens is 618 g/mol. The quantitative estimate of drug-likeness (QED) is 0.159. The van der Waals surface area contributed by atoms with Crippen molar-refractivity contribution in [2.24, 2.45) is 28.6 Å². The Kier molecular flexibility index (Phi) is 9.73. The number of alkyl halides is 6. The first-order valence-corrected chi connectivity index (χ1v) is 18.5. The molecule has 4 nitrogen and oxygen atoms in total. The van der Waals surface area contributed by atoms with E-state index in [1.165, 1.54) is 0 Å². The molecule has 3 saturated carbocycles. The van der Waals surface area contributed by atoms with Gasteiger partial charge in [-0.1, -0.05) is 51.5 Å². The number of carbonyl (C=O) groups excluding carboxylic acids is 1. The Labute approximate surface area is 262 Å². The Morgan fingerprint density at radius 3 is 2.16 bits per heavy atom. The van der Waals surface area contributed by atoms with Crippen molar-refractivity contribution >= 4 is 15.6 Å². The largest absolute Gasteiger partial charge is 0.508 e. The lowest BCUT2D eigenvalue weighted by molar-refractivity contribution is -0.284. The highest BCUT2D eigenvalue weighted by atomic mass is 32.2. The van der Waals surface area contributed by atoms with Gasteiger partial charge in [-0.3, -0.25) is 4.79 Å². The third-order valence-electron chi connectivity index (χ3n) is 12.0. The molecule has 1 aromatic rings.